The highest BCUT2D eigenvalue weighted by molar-refractivity contribution is 7.94. The number of thiophene rings is 1. The van der Waals surface area contributed by atoms with E-state index in [-0.39, 0.29) is 4.21 Å². The molecule has 0 saturated heterocycles. The minimum absolute atomic E-state index is 0.203. The number of hydrogen-bond donors (Lipinski definition) is 1. The molecule has 0 aliphatic heterocycles. The van der Waals surface area contributed by atoms with Crippen LogP contribution in [0.3, 0.4) is 0 Å². The van der Waals surface area contributed by atoms with E-state index >= 15 is 0 Å². The summed E-state index contributed by atoms with van der Waals surface area (Å²) >= 11 is 1.13. The van der Waals surface area contributed by atoms with Crippen LogP contribution in [0.15, 0.2) is 45.1 Å². The first-order valence-electron chi connectivity index (χ1n) is 7.10. The average molecular weight is 364 g/mol. The van der Waals surface area contributed by atoms with E-state index in [1.54, 1.807) is 36.4 Å². The molecule has 1 aromatic carbocycles. The summed E-state index contributed by atoms with van der Waals surface area (Å²) in [5.74, 6) is 1.18. The highest BCUT2D eigenvalue weighted by atomic mass is 32.2. The van der Waals surface area contributed by atoms with E-state index in [2.05, 4.69) is 9.88 Å². The van der Waals surface area contributed by atoms with Crippen LogP contribution < -0.4 is 9.46 Å². The van der Waals surface area contributed by atoms with E-state index in [4.69, 9.17) is 9.26 Å². The Balaban J connectivity index is 1.89. The van der Waals surface area contributed by atoms with Crippen LogP contribution in [0.4, 0.5) is 5.69 Å². The standard InChI is InChI=1S/C16H16N2O4S2/c1-10-11(2)17-22-16(10)14-7-8-15(23-14)24(19,20)18-12-5-4-6-13(9-12)21-3/h4-9,18H,1-3H3. The van der Waals surface area contributed by atoms with Crippen LogP contribution in [0, 0.1) is 13.8 Å². The van der Waals surface area contributed by atoms with Crippen molar-refractivity contribution in [2.75, 3.05) is 11.8 Å². The number of methoxy groups -OCH3 is 1. The number of anilines is 1. The van der Waals surface area contributed by atoms with Crippen molar-refractivity contribution < 1.29 is 17.7 Å². The molecule has 0 radical (unpaired) electrons. The van der Waals surface area contributed by atoms with E-state index in [1.165, 1.54) is 7.11 Å². The Labute approximate surface area is 144 Å². The fourth-order valence-electron chi connectivity index (χ4n) is 2.12. The van der Waals surface area contributed by atoms with Crippen molar-refractivity contribution in [1.82, 2.24) is 5.16 Å². The van der Waals surface area contributed by atoms with Crippen LogP contribution in [-0.2, 0) is 10.0 Å². The van der Waals surface area contributed by atoms with Crippen molar-refractivity contribution in [3.05, 3.63) is 47.7 Å². The molecule has 0 aliphatic rings. The lowest BCUT2D eigenvalue weighted by Crippen LogP contribution is -2.11. The largest absolute Gasteiger partial charge is 0.497 e. The van der Waals surface area contributed by atoms with Crippen molar-refractivity contribution in [3.8, 4) is 16.4 Å². The van der Waals surface area contributed by atoms with Gasteiger partial charge in [-0.25, -0.2) is 8.42 Å². The van der Waals surface area contributed by atoms with Gasteiger partial charge in [0.1, 0.15) is 9.96 Å². The molecule has 0 bridgehead atoms. The topological polar surface area (TPSA) is 81.4 Å². The van der Waals surface area contributed by atoms with Crippen LogP contribution >= 0.6 is 11.3 Å². The van der Waals surface area contributed by atoms with Crippen molar-refractivity contribution in [2.45, 2.75) is 18.1 Å². The third-order valence-corrected chi connectivity index (χ3v) is 6.51. The summed E-state index contributed by atoms with van der Waals surface area (Å²) in [4.78, 5) is 0.721. The van der Waals surface area contributed by atoms with E-state index in [0.717, 1.165) is 27.5 Å². The van der Waals surface area contributed by atoms with Gasteiger partial charge in [0.15, 0.2) is 5.76 Å². The first kappa shape index (κ1) is 16.5. The van der Waals surface area contributed by atoms with Gasteiger partial charge in [0.25, 0.3) is 10.0 Å². The second-order valence-electron chi connectivity index (χ2n) is 5.18. The highest BCUT2D eigenvalue weighted by Crippen LogP contribution is 2.34. The Hall–Kier alpha value is -2.32. The molecule has 0 spiro atoms. The maximum Gasteiger partial charge on any atom is 0.271 e. The first-order valence-corrected chi connectivity index (χ1v) is 9.40. The fraction of sp³-hybridized carbons (Fsp3) is 0.188. The van der Waals surface area contributed by atoms with Gasteiger partial charge in [0, 0.05) is 11.6 Å². The Morgan fingerprint density at radius 3 is 2.67 bits per heavy atom. The fourth-order valence-corrected chi connectivity index (χ4v) is 4.51. The maximum atomic E-state index is 12.5. The Kier molecular flexibility index (Phi) is 4.33. The summed E-state index contributed by atoms with van der Waals surface area (Å²) in [6.07, 6.45) is 0. The number of nitrogens with zero attached hydrogens (tertiary/aromatic N) is 1. The molecule has 3 rings (SSSR count). The third-order valence-electron chi connectivity index (χ3n) is 3.55. The molecule has 24 heavy (non-hydrogen) atoms. The van der Waals surface area contributed by atoms with Gasteiger partial charge < -0.3 is 9.26 Å². The van der Waals surface area contributed by atoms with Gasteiger partial charge in [-0.1, -0.05) is 11.2 Å². The lowest BCUT2D eigenvalue weighted by atomic mass is 10.2. The molecule has 0 unspecified atom stereocenters. The second-order valence-corrected chi connectivity index (χ2v) is 8.17. The van der Waals surface area contributed by atoms with E-state index < -0.39 is 10.0 Å². The van der Waals surface area contributed by atoms with Crippen LogP contribution in [-0.4, -0.2) is 20.7 Å². The molecule has 6 nitrogen and oxygen atoms in total. The Bertz CT molecular complexity index is 974. The van der Waals surface area contributed by atoms with Crippen LogP contribution in [0.2, 0.25) is 0 Å². The summed E-state index contributed by atoms with van der Waals surface area (Å²) in [6, 6.07) is 10.0. The predicted octanol–water partition coefficient (Wildman–Crippen LogP) is 3.83. The van der Waals surface area contributed by atoms with Crippen LogP contribution in [0.5, 0.6) is 5.75 Å². The number of ether oxygens (including phenoxy) is 1. The first-order chi connectivity index (χ1) is 11.4. The van der Waals surface area contributed by atoms with Crippen molar-refractivity contribution in [2.24, 2.45) is 0 Å². The lowest BCUT2D eigenvalue weighted by Gasteiger charge is -2.07. The molecule has 8 heteroatoms. The zero-order chi connectivity index (χ0) is 17.3. The molecule has 0 aliphatic carbocycles. The second kappa shape index (κ2) is 6.29. The van der Waals surface area contributed by atoms with Crippen molar-refractivity contribution in [3.63, 3.8) is 0 Å². The number of hydrogen-bond acceptors (Lipinski definition) is 6. The molecular weight excluding hydrogens is 348 g/mol. The zero-order valence-corrected chi connectivity index (χ0v) is 15.0. The van der Waals surface area contributed by atoms with Gasteiger partial charge in [-0.15, -0.1) is 11.3 Å². The van der Waals surface area contributed by atoms with E-state index in [9.17, 15) is 8.42 Å². The summed E-state index contributed by atoms with van der Waals surface area (Å²) in [5.41, 5.74) is 2.13. The normalized spacial score (nSPS) is 11.5. The zero-order valence-electron chi connectivity index (χ0n) is 13.4. The number of sulfonamides is 1. The smallest absolute Gasteiger partial charge is 0.271 e. The minimum atomic E-state index is -3.68. The molecule has 2 aromatic heterocycles. The Morgan fingerprint density at radius 1 is 1.21 bits per heavy atom. The summed E-state index contributed by atoms with van der Waals surface area (Å²) in [6.45, 7) is 3.74. The van der Waals surface area contributed by atoms with Crippen LogP contribution in [0.25, 0.3) is 10.6 Å². The predicted molar refractivity (Wildman–Crippen MR) is 93.1 cm³/mol. The molecule has 126 valence electrons. The SMILES string of the molecule is COc1cccc(NS(=O)(=O)c2ccc(-c3onc(C)c3C)s2)c1. The van der Waals surface area contributed by atoms with Gasteiger partial charge in [-0.05, 0) is 38.1 Å². The van der Waals surface area contributed by atoms with Crippen molar-refractivity contribution in [1.29, 1.82) is 0 Å². The maximum absolute atomic E-state index is 12.5. The number of nitrogens with one attached hydrogen (secondary N) is 1. The molecule has 0 atom stereocenters. The number of aromatic nitrogens is 1. The monoisotopic (exact) mass is 364 g/mol. The molecule has 3 aromatic rings. The van der Waals surface area contributed by atoms with Crippen LogP contribution in [0.1, 0.15) is 11.3 Å². The number of benzene rings is 1. The van der Waals surface area contributed by atoms with Crippen molar-refractivity contribution >= 4 is 27.0 Å². The van der Waals surface area contributed by atoms with E-state index in [0.29, 0.717) is 17.2 Å². The molecule has 2 heterocycles. The summed E-state index contributed by atoms with van der Waals surface area (Å²) < 4.78 is 38.2. The molecular formula is C16H16N2O4S2. The van der Waals surface area contributed by atoms with Gasteiger partial charge in [0.2, 0.25) is 0 Å². The quantitative estimate of drug-likeness (QED) is 0.744. The summed E-state index contributed by atoms with van der Waals surface area (Å²) in [7, 11) is -2.15. The number of rotatable bonds is 5. The molecule has 0 saturated carbocycles. The lowest BCUT2D eigenvalue weighted by molar-refractivity contribution is 0.415. The van der Waals surface area contributed by atoms with E-state index in [1.807, 2.05) is 13.8 Å². The van der Waals surface area contributed by atoms with Gasteiger partial charge in [-0.2, -0.15) is 0 Å². The minimum Gasteiger partial charge on any atom is -0.497 e. The van der Waals surface area contributed by atoms with Gasteiger partial charge in [-0.3, -0.25) is 4.72 Å². The van der Waals surface area contributed by atoms with Gasteiger partial charge in [0.05, 0.1) is 23.4 Å². The average Bonchev–Trinajstić information content (AvgIpc) is 3.16. The summed E-state index contributed by atoms with van der Waals surface area (Å²) in [5, 5.41) is 3.90. The third kappa shape index (κ3) is 3.15. The molecule has 1 N–H and O–H groups in total. The molecule has 0 amide bonds. The molecule has 0 fully saturated rings. The highest BCUT2D eigenvalue weighted by Gasteiger charge is 2.20. The number of aryl methyl sites for hydroxylation is 1. The van der Waals surface area contributed by atoms with Gasteiger partial charge >= 0.3 is 0 Å². The Morgan fingerprint density at radius 2 is 2.00 bits per heavy atom.